The van der Waals surface area contributed by atoms with Crippen LogP contribution >= 0.6 is 0 Å². The molecule has 1 aliphatic heterocycles. The van der Waals surface area contributed by atoms with E-state index in [-0.39, 0.29) is 24.8 Å². The average molecular weight is 372 g/mol. The van der Waals surface area contributed by atoms with Crippen LogP contribution < -0.4 is 10.1 Å². The number of nitrogens with zero attached hydrogens (tertiary/aromatic N) is 3. The summed E-state index contributed by atoms with van der Waals surface area (Å²) >= 11 is 0. The van der Waals surface area contributed by atoms with Crippen LogP contribution in [0.2, 0.25) is 0 Å². The van der Waals surface area contributed by atoms with E-state index in [1.54, 1.807) is 42.2 Å². The summed E-state index contributed by atoms with van der Waals surface area (Å²) in [6.45, 7) is 2.82. The van der Waals surface area contributed by atoms with E-state index < -0.39 is 12.1 Å². The second-order valence-electron chi connectivity index (χ2n) is 6.56. The Balaban J connectivity index is 1.70. The Morgan fingerprint density at radius 3 is 2.93 bits per heavy atom. The minimum atomic E-state index is -0.724. The number of aliphatic hydroxyl groups is 1. The summed E-state index contributed by atoms with van der Waals surface area (Å²) in [5.41, 5.74) is 1.30. The lowest BCUT2D eigenvalue weighted by Gasteiger charge is -2.24. The Morgan fingerprint density at radius 1 is 1.41 bits per heavy atom. The van der Waals surface area contributed by atoms with Crippen molar-refractivity contribution in [3.63, 3.8) is 0 Å². The number of aromatic nitrogens is 2. The summed E-state index contributed by atoms with van der Waals surface area (Å²) in [6, 6.07) is 6.14. The van der Waals surface area contributed by atoms with Gasteiger partial charge in [0.25, 0.3) is 5.91 Å². The number of carbonyl (C=O) groups excluding carboxylic acids is 2. The first-order chi connectivity index (χ1) is 13.0. The highest BCUT2D eigenvalue weighted by Crippen LogP contribution is 2.23. The number of hydrogen-bond donors (Lipinski definition) is 2. The van der Waals surface area contributed by atoms with Crippen molar-refractivity contribution in [2.45, 2.75) is 32.0 Å². The molecule has 0 radical (unpaired) electrons. The quantitative estimate of drug-likeness (QED) is 0.779. The van der Waals surface area contributed by atoms with Crippen molar-refractivity contribution in [2.24, 2.45) is 7.05 Å². The molecule has 8 heteroatoms. The molecule has 1 aliphatic rings. The molecular formula is C19H24N4O4. The van der Waals surface area contributed by atoms with Crippen molar-refractivity contribution in [3.05, 3.63) is 47.8 Å². The zero-order chi connectivity index (χ0) is 19.4. The summed E-state index contributed by atoms with van der Waals surface area (Å²) in [5.74, 6) is 0.0139. The largest absolute Gasteiger partial charge is 0.494 e. The summed E-state index contributed by atoms with van der Waals surface area (Å²) in [5, 5.41) is 16.9. The molecule has 1 aromatic carbocycles. The molecule has 2 atom stereocenters. The Hall–Kier alpha value is -2.87. The molecule has 0 bridgehead atoms. The number of aryl methyl sites for hydroxylation is 1. The van der Waals surface area contributed by atoms with Crippen LogP contribution in [0.5, 0.6) is 5.75 Å². The van der Waals surface area contributed by atoms with Gasteiger partial charge in [-0.15, -0.1) is 0 Å². The maximum absolute atomic E-state index is 12.9. The van der Waals surface area contributed by atoms with Crippen molar-refractivity contribution in [2.75, 3.05) is 13.2 Å². The highest BCUT2D eigenvalue weighted by atomic mass is 16.5. The summed E-state index contributed by atoms with van der Waals surface area (Å²) in [7, 11) is 1.80. The summed E-state index contributed by atoms with van der Waals surface area (Å²) in [4.78, 5) is 27.0. The van der Waals surface area contributed by atoms with Crippen molar-refractivity contribution in [3.8, 4) is 5.75 Å². The molecule has 0 unspecified atom stereocenters. The van der Waals surface area contributed by atoms with Gasteiger partial charge >= 0.3 is 0 Å². The molecule has 144 valence electrons. The van der Waals surface area contributed by atoms with E-state index in [1.165, 1.54) is 4.90 Å². The predicted molar refractivity (Wildman–Crippen MR) is 98.1 cm³/mol. The molecule has 2 N–H and O–H groups in total. The van der Waals surface area contributed by atoms with E-state index in [1.807, 2.05) is 13.1 Å². The van der Waals surface area contributed by atoms with Crippen LogP contribution in [0.4, 0.5) is 0 Å². The number of nitrogens with one attached hydrogen (secondary N) is 1. The molecule has 1 saturated heterocycles. The van der Waals surface area contributed by atoms with Gasteiger partial charge in [0, 0.05) is 43.9 Å². The SMILES string of the molecule is CCOc1cccc(C(=O)N2C[C@H](O)C[C@H]2C(=O)NCc2cnn(C)c2)c1. The monoisotopic (exact) mass is 372 g/mol. The molecule has 27 heavy (non-hydrogen) atoms. The third-order valence-corrected chi connectivity index (χ3v) is 4.46. The molecular weight excluding hydrogens is 348 g/mol. The lowest BCUT2D eigenvalue weighted by molar-refractivity contribution is -0.125. The smallest absolute Gasteiger partial charge is 0.254 e. The number of carbonyl (C=O) groups is 2. The van der Waals surface area contributed by atoms with E-state index in [2.05, 4.69) is 10.4 Å². The second kappa shape index (κ2) is 8.22. The van der Waals surface area contributed by atoms with Gasteiger partial charge in [-0.2, -0.15) is 5.10 Å². The second-order valence-corrected chi connectivity index (χ2v) is 6.56. The minimum absolute atomic E-state index is 0.128. The third-order valence-electron chi connectivity index (χ3n) is 4.46. The lowest BCUT2D eigenvalue weighted by Crippen LogP contribution is -2.45. The molecule has 1 fully saturated rings. The van der Waals surface area contributed by atoms with Gasteiger partial charge in [0.15, 0.2) is 0 Å². The highest BCUT2D eigenvalue weighted by Gasteiger charge is 2.39. The van der Waals surface area contributed by atoms with Crippen LogP contribution in [0.15, 0.2) is 36.7 Å². The van der Waals surface area contributed by atoms with Gasteiger partial charge in [0.2, 0.25) is 5.91 Å². The van der Waals surface area contributed by atoms with E-state index in [0.29, 0.717) is 24.5 Å². The van der Waals surface area contributed by atoms with E-state index in [0.717, 1.165) is 5.56 Å². The van der Waals surface area contributed by atoms with E-state index in [9.17, 15) is 14.7 Å². The molecule has 1 aromatic heterocycles. The summed E-state index contributed by atoms with van der Waals surface area (Å²) < 4.78 is 7.09. The Bertz CT molecular complexity index is 820. The number of amides is 2. The lowest BCUT2D eigenvalue weighted by atomic mass is 10.1. The fourth-order valence-corrected chi connectivity index (χ4v) is 3.21. The van der Waals surface area contributed by atoms with E-state index in [4.69, 9.17) is 4.74 Å². The van der Waals surface area contributed by atoms with Crippen LogP contribution in [0, 0.1) is 0 Å². The predicted octanol–water partition coefficient (Wildman–Crippen LogP) is 0.711. The first-order valence-corrected chi connectivity index (χ1v) is 8.95. The highest BCUT2D eigenvalue weighted by molar-refractivity contribution is 5.98. The summed E-state index contributed by atoms with van der Waals surface area (Å²) in [6.07, 6.45) is 2.98. The van der Waals surface area contributed by atoms with Crippen LogP contribution in [0.1, 0.15) is 29.3 Å². The van der Waals surface area contributed by atoms with Crippen LogP contribution in [0.25, 0.3) is 0 Å². The standard InChI is InChI=1S/C19H24N4O4/c1-3-27-16-6-4-5-14(7-16)19(26)23-12-15(24)8-17(23)18(25)20-9-13-10-21-22(2)11-13/h4-7,10-11,15,17,24H,3,8-9,12H2,1-2H3,(H,20,25)/t15-,17+/m1/s1. The molecule has 2 aromatic rings. The maximum atomic E-state index is 12.9. The molecule has 2 heterocycles. The third kappa shape index (κ3) is 4.46. The Morgan fingerprint density at radius 2 is 2.22 bits per heavy atom. The molecule has 0 aliphatic carbocycles. The van der Waals surface area contributed by atoms with Gasteiger partial charge in [-0.1, -0.05) is 6.07 Å². The number of likely N-dealkylation sites (tertiary alicyclic amines) is 1. The first-order valence-electron chi connectivity index (χ1n) is 8.95. The topological polar surface area (TPSA) is 96.7 Å². The van der Waals surface area contributed by atoms with Crippen molar-refractivity contribution in [1.29, 1.82) is 0 Å². The van der Waals surface area contributed by atoms with Crippen LogP contribution in [-0.4, -0.2) is 56.9 Å². The van der Waals surface area contributed by atoms with Crippen molar-refractivity contribution >= 4 is 11.8 Å². The number of ether oxygens (including phenoxy) is 1. The molecule has 2 amide bonds. The van der Waals surface area contributed by atoms with Gasteiger partial charge in [-0.3, -0.25) is 14.3 Å². The van der Waals surface area contributed by atoms with Crippen molar-refractivity contribution in [1.82, 2.24) is 20.0 Å². The van der Waals surface area contributed by atoms with Crippen molar-refractivity contribution < 1.29 is 19.4 Å². The zero-order valence-corrected chi connectivity index (χ0v) is 15.5. The fraction of sp³-hybridized carbons (Fsp3) is 0.421. The van der Waals surface area contributed by atoms with Crippen LogP contribution in [0.3, 0.4) is 0 Å². The normalized spacial score (nSPS) is 19.1. The number of benzene rings is 1. The molecule has 3 rings (SSSR count). The number of rotatable bonds is 6. The van der Waals surface area contributed by atoms with Gasteiger partial charge in [0.05, 0.1) is 18.9 Å². The zero-order valence-electron chi connectivity index (χ0n) is 15.5. The minimum Gasteiger partial charge on any atom is -0.494 e. The maximum Gasteiger partial charge on any atom is 0.254 e. The average Bonchev–Trinajstić information content (AvgIpc) is 3.25. The van der Waals surface area contributed by atoms with Gasteiger partial charge in [-0.05, 0) is 25.1 Å². The molecule has 0 saturated carbocycles. The van der Waals surface area contributed by atoms with Crippen LogP contribution in [-0.2, 0) is 18.4 Å². The van der Waals surface area contributed by atoms with E-state index >= 15 is 0 Å². The van der Waals surface area contributed by atoms with Gasteiger partial charge < -0.3 is 20.1 Å². The number of β-amino-alcohol motifs (C(OH)–C–C–N with tert-alkyl or cyclic N) is 1. The van der Waals surface area contributed by atoms with Gasteiger partial charge in [0.1, 0.15) is 11.8 Å². The first kappa shape index (κ1) is 18.9. The molecule has 8 nitrogen and oxygen atoms in total. The Labute approximate surface area is 157 Å². The molecule has 0 spiro atoms. The number of hydrogen-bond acceptors (Lipinski definition) is 5. The Kier molecular flexibility index (Phi) is 5.75. The van der Waals surface area contributed by atoms with Gasteiger partial charge in [-0.25, -0.2) is 0 Å². The fourth-order valence-electron chi connectivity index (χ4n) is 3.21. The number of aliphatic hydroxyl groups excluding tert-OH is 1.